The maximum atomic E-state index is 13.0. The van der Waals surface area contributed by atoms with Crippen LogP contribution >= 0.6 is 12.4 Å². The number of alkyl halides is 3. The maximum Gasteiger partial charge on any atom is 0.471 e. The minimum Gasteiger partial charge on any atom is -0.331 e. The van der Waals surface area contributed by atoms with Gasteiger partial charge in [-0.05, 0) is 49.9 Å². The van der Waals surface area contributed by atoms with E-state index in [2.05, 4.69) is 10.6 Å². The van der Waals surface area contributed by atoms with Gasteiger partial charge in [-0.15, -0.1) is 12.4 Å². The summed E-state index contributed by atoms with van der Waals surface area (Å²) in [5.74, 6) is -1.56. The Balaban J connectivity index is 0.00000300. The zero-order valence-electron chi connectivity index (χ0n) is 16.3. The summed E-state index contributed by atoms with van der Waals surface area (Å²) in [6.45, 7) is 2.80. The SMILES string of the molecule is CCN(Cc1cccc(NC(=O)[C@@]23CCCC[C@H]2CNC3)c1)C(=O)C(F)(F)F.Cl. The topological polar surface area (TPSA) is 61.4 Å². The van der Waals surface area contributed by atoms with Crippen LogP contribution in [0.1, 0.15) is 38.2 Å². The van der Waals surface area contributed by atoms with Gasteiger partial charge in [-0.2, -0.15) is 13.2 Å². The number of carbonyl (C=O) groups is 2. The summed E-state index contributed by atoms with van der Waals surface area (Å²) >= 11 is 0. The quantitative estimate of drug-likeness (QED) is 0.743. The van der Waals surface area contributed by atoms with E-state index < -0.39 is 17.5 Å². The molecule has 29 heavy (non-hydrogen) atoms. The van der Waals surface area contributed by atoms with Crippen molar-refractivity contribution in [2.75, 3.05) is 25.0 Å². The molecule has 2 aliphatic rings. The Kier molecular flexibility index (Phi) is 7.56. The molecule has 5 nitrogen and oxygen atoms in total. The van der Waals surface area contributed by atoms with Gasteiger partial charge >= 0.3 is 12.1 Å². The zero-order chi connectivity index (χ0) is 20.4. The van der Waals surface area contributed by atoms with Gasteiger partial charge in [-0.3, -0.25) is 9.59 Å². The third kappa shape index (κ3) is 5.04. The second-order valence-corrected chi connectivity index (χ2v) is 7.70. The Morgan fingerprint density at radius 1 is 1.31 bits per heavy atom. The van der Waals surface area contributed by atoms with Crippen molar-refractivity contribution in [2.45, 2.75) is 45.3 Å². The van der Waals surface area contributed by atoms with Crippen molar-refractivity contribution in [1.82, 2.24) is 10.2 Å². The third-order valence-electron chi connectivity index (χ3n) is 5.96. The predicted molar refractivity (Wildman–Crippen MR) is 107 cm³/mol. The molecule has 1 aliphatic heterocycles. The fraction of sp³-hybridized carbons (Fsp3) is 0.600. The summed E-state index contributed by atoms with van der Waals surface area (Å²) in [6.07, 6.45) is -0.856. The minimum atomic E-state index is -4.90. The van der Waals surface area contributed by atoms with E-state index in [0.29, 0.717) is 23.7 Å². The highest BCUT2D eigenvalue weighted by molar-refractivity contribution is 5.96. The van der Waals surface area contributed by atoms with E-state index >= 15 is 0 Å². The lowest BCUT2D eigenvalue weighted by atomic mass is 9.67. The molecular weight excluding hydrogens is 407 g/mol. The fourth-order valence-corrected chi connectivity index (χ4v) is 4.42. The van der Waals surface area contributed by atoms with Gasteiger partial charge in [0.05, 0.1) is 5.41 Å². The molecule has 1 saturated carbocycles. The molecule has 0 bridgehead atoms. The van der Waals surface area contributed by atoms with Gasteiger partial charge in [-0.1, -0.05) is 25.0 Å². The first-order valence-corrected chi connectivity index (χ1v) is 9.73. The number of carbonyl (C=O) groups excluding carboxylic acids is 2. The molecule has 2 amide bonds. The van der Waals surface area contributed by atoms with E-state index in [0.717, 1.165) is 37.1 Å². The van der Waals surface area contributed by atoms with E-state index in [9.17, 15) is 22.8 Å². The van der Waals surface area contributed by atoms with Gasteiger partial charge in [0.25, 0.3) is 0 Å². The molecular formula is C20H27ClF3N3O2. The molecule has 2 atom stereocenters. The Morgan fingerprint density at radius 3 is 2.76 bits per heavy atom. The van der Waals surface area contributed by atoms with Crippen LogP contribution in [0.4, 0.5) is 18.9 Å². The average molecular weight is 434 g/mol. The molecule has 2 N–H and O–H groups in total. The first-order valence-electron chi connectivity index (χ1n) is 9.73. The number of benzene rings is 1. The molecule has 1 saturated heterocycles. The molecule has 9 heteroatoms. The summed E-state index contributed by atoms with van der Waals surface area (Å²) < 4.78 is 38.1. The van der Waals surface area contributed by atoms with E-state index in [-0.39, 0.29) is 31.4 Å². The van der Waals surface area contributed by atoms with Crippen LogP contribution in [0, 0.1) is 11.3 Å². The van der Waals surface area contributed by atoms with E-state index in [1.54, 1.807) is 24.3 Å². The summed E-state index contributed by atoms with van der Waals surface area (Å²) in [7, 11) is 0. The molecule has 1 heterocycles. The Labute approximate surface area is 174 Å². The number of hydrogen-bond donors (Lipinski definition) is 2. The molecule has 1 aliphatic carbocycles. The van der Waals surface area contributed by atoms with Gasteiger partial charge < -0.3 is 15.5 Å². The van der Waals surface area contributed by atoms with Crippen molar-refractivity contribution in [1.29, 1.82) is 0 Å². The lowest BCUT2D eigenvalue weighted by Gasteiger charge is -2.37. The summed E-state index contributed by atoms with van der Waals surface area (Å²) in [5.41, 5.74) is 0.679. The van der Waals surface area contributed by atoms with Crippen molar-refractivity contribution in [3.05, 3.63) is 29.8 Å². The highest BCUT2D eigenvalue weighted by atomic mass is 35.5. The lowest BCUT2D eigenvalue weighted by molar-refractivity contribution is -0.185. The normalized spacial score (nSPS) is 23.7. The monoisotopic (exact) mass is 433 g/mol. The van der Waals surface area contributed by atoms with Gasteiger partial charge in [0.1, 0.15) is 0 Å². The number of rotatable bonds is 5. The predicted octanol–water partition coefficient (Wildman–Crippen LogP) is 3.74. The van der Waals surface area contributed by atoms with E-state index in [1.165, 1.54) is 6.92 Å². The van der Waals surface area contributed by atoms with Gasteiger partial charge in [0.15, 0.2) is 0 Å². The van der Waals surface area contributed by atoms with Crippen LogP contribution in [-0.4, -0.2) is 42.5 Å². The van der Waals surface area contributed by atoms with Crippen molar-refractivity contribution < 1.29 is 22.8 Å². The Bertz CT molecular complexity index is 744. The minimum absolute atomic E-state index is 0. The summed E-state index contributed by atoms with van der Waals surface area (Å²) in [5, 5.41) is 6.29. The van der Waals surface area contributed by atoms with Gasteiger partial charge in [0, 0.05) is 25.3 Å². The molecule has 1 aromatic rings. The summed E-state index contributed by atoms with van der Waals surface area (Å²) in [6, 6.07) is 6.70. The summed E-state index contributed by atoms with van der Waals surface area (Å²) in [4.78, 5) is 25.3. The molecule has 162 valence electrons. The van der Waals surface area contributed by atoms with Gasteiger partial charge in [0.2, 0.25) is 5.91 Å². The largest absolute Gasteiger partial charge is 0.471 e. The number of amides is 2. The molecule has 0 radical (unpaired) electrons. The first kappa shape index (κ1) is 23.5. The van der Waals surface area contributed by atoms with Crippen LogP contribution in [-0.2, 0) is 16.1 Å². The highest BCUT2D eigenvalue weighted by Gasteiger charge is 2.49. The van der Waals surface area contributed by atoms with E-state index in [1.807, 2.05) is 0 Å². The number of nitrogens with zero attached hydrogens (tertiary/aromatic N) is 1. The van der Waals surface area contributed by atoms with Crippen molar-refractivity contribution in [3.8, 4) is 0 Å². The highest BCUT2D eigenvalue weighted by Crippen LogP contribution is 2.44. The van der Waals surface area contributed by atoms with Gasteiger partial charge in [-0.25, -0.2) is 0 Å². The average Bonchev–Trinajstić information content (AvgIpc) is 3.10. The Hall–Kier alpha value is -1.80. The second-order valence-electron chi connectivity index (χ2n) is 7.70. The molecule has 0 spiro atoms. The van der Waals surface area contributed by atoms with Crippen molar-refractivity contribution in [2.24, 2.45) is 11.3 Å². The maximum absolute atomic E-state index is 13.0. The smallest absolute Gasteiger partial charge is 0.331 e. The molecule has 0 aromatic heterocycles. The number of nitrogens with one attached hydrogen (secondary N) is 2. The van der Waals surface area contributed by atoms with Crippen molar-refractivity contribution >= 4 is 29.9 Å². The van der Waals surface area contributed by atoms with Crippen LogP contribution in [0.3, 0.4) is 0 Å². The van der Waals surface area contributed by atoms with Crippen LogP contribution in [0.5, 0.6) is 0 Å². The fourth-order valence-electron chi connectivity index (χ4n) is 4.42. The number of anilines is 1. The van der Waals surface area contributed by atoms with Crippen LogP contribution in [0.25, 0.3) is 0 Å². The van der Waals surface area contributed by atoms with Crippen LogP contribution in [0.2, 0.25) is 0 Å². The number of fused-ring (bicyclic) bond motifs is 1. The molecule has 0 unspecified atom stereocenters. The van der Waals surface area contributed by atoms with Crippen molar-refractivity contribution in [3.63, 3.8) is 0 Å². The third-order valence-corrected chi connectivity index (χ3v) is 5.96. The molecule has 1 aromatic carbocycles. The Morgan fingerprint density at radius 2 is 2.07 bits per heavy atom. The second kappa shape index (κ2) is 9.34. The van der Waals surface area contributed by atoms with Crippen LogP contribution in [0.15, 0.2) is 24.3 Å². The molecule has 3 rings (SSSR count). The first-order chi connectivity index (χ1) is 13.3. The van der Waals surface area contributed by atoms with E-state index in [4.69, 9.17) is 0 Å². The number of hydrogen-bond acceptors (Lipinski definition) is 3. The zero-order valence-corrected chi connectivity index (χ0v) is 17.2. The lowest BCUT2D eigenvalue weighted by Crippen LogP contribution is -2.44. The molecule has 2 fully saturated rings. The standard InChI is InChI=1S/C20H26F3N3O2.ClH/c1-2-26(18(28)20(21,22)23)12-14-6-5-8-16(10-14)25-17(27)19-9-4-3-7-15(19)11-24-13-19;/h5-6,8,10,15,24H,2-4,7,9,11-13H2,1H3,(H,25,27);1H/t15-,19+;/m0./s1. The van der Waals surface area contributed by atoms with Crippen LogP contribution < -0.4 is 10.6 Å². The number of halogens is 4.